The number of carbonyl (C=O) groups is 1. The molecular formula is C23H27FN2O3S. The highest BCUT2D eigenvalue weighted by molar-refractivity contribution is 7.89. The highest BCUT2D eigenvalue weighted by Gasteiger charge is 2.33. The second-order valence-electron chi connectivity index (χ2n) is 8.08. The van der Waals surface area contributed by atoms with Gasteiger partial charge in [-0.05, 0) is 62.3 Å². The summed E-state index contributed by atoms with van der Waals surface area (Å²) in [6, 6.07) is 14.0. The van der Waals surface area contributed by atoms with Gasteiger partial charge >= 0.3 is 0 Å². The third-order valence-corrected chi connectivity index (χ3v) is 8.02. The van der Waals surface area contributed by atoms with Crippen molar-refractivity contribution in [3.8, 4) is 0 Å². The van der Waals surface area contributed by atoms with Gasteiger partial charge in [-0.15, -0.1) is 0 Å². The van der Waals surface area contributed by atoms with E-state index in [1.54, 1.807) is 0 Å². The Morgan fingerprint density at radius 3 is 2.47 bits per heavy atom. The largest absolute Gasteiger partial charge is 0.336 e. The Hall–Kier alpha value is -2.25. The zero-order valence-electron chi connectivity index (χ0n) is 17.0. The Labute approximate surface area is 177 Å². The number of likely N-dealkylation sites (tertiary alicyclic amines) is 1. The fourth-order valence-corrected chi connectivity index (χ4v) is 6.06. The van der Waals surface area contributed by atoms with E-state index in [0.29, 0.717) is 19.6 Å². The third-order valence-electron chi connectivity index (χ3n) is 6.11. The van der Waals surface area contributed by atoms with Crippen LogP contribution in [0.4, 0.5) is 4.39 Å². The summed E-state index contributed by atoms with van der Waals surface area (Å²) in [5, 5.41) is 0. The number of nitrogens with zero attached hydrogens (tertiary/aromatic N) is 2. The van der Waals surface area contributed by atoms with E-state index in [1.165, 1.54) is 22.0 Å². The van der Waals surface area contributed by atoms with E-state index in [0.717, 1.165) is 44.6 Å². The highest BCUT2D eigenvalue weighted by atomic mass is 32.2. The van der Waals surface area contributed by atoms with Gasteiger partial charge in [-0.1, -0.05) is 30.3 Å². The topological polar surface area (TPSA) is 57.7 Å². The standard InChI is InChI=1S/C23H27FN2O3S/c24-21-13-11-19(17-22(21)30(28,29)25-14-4-5-15-25)23(27)26-16-6-9-20(26)12-10-18-7-2-1-3-8-18/h1-3,7-8,11,13,17,20H,4-6,9-10,12,14-16H2. The van der Waals surface area contributed by atoms with E-state index in [4.69, 9.17) is 0 Å². The SMILES string of the molecule is O=C(c1ccc(F)c(S(=O)(=O)N2CCCC2)c1)N1CCCC1CCc1ccccc1. The van der Waals surface area contributed by atoms with Crippen LogP contribution < -0.4 is 0 Å². The molecule has 0 aromatic heterocycles. The summed E-state index contributed by atoms with van der Waals surface area (Å²) in [5.41, 5.74) is 1.47. The molecule has 5 nitrogen and oxygen atoms in total. The normalized spacial score (nSPS) is 20.0. The highest BCUT2D eigenvalue weighted by Crippen LogP contribution is 2.27. The Kier molecular flexibility index (Phi) is 6.20. The van der Waals surface area contributed by atoms with Gasteiger partial charge in [0.15, 0.2) is 0 Å². The molecule has 4 rings (SSSR count). The molecule has 0 aliphatic carbocycles. The molecule has 2 fully saturated rings. The molecule has 7 heteroatoms. The number of benzene rings is 2. The average molecular weight is 431 g/mol. The second-order valence-corrected chi connectivity index (χ2v) is 9.98. The van der Waals surface area contributed by atoms with Gasteiger partial charge in [0.05, 0.1) is 0 Å². The van der Waals surface area contributed by atoms with Gasteiger partial charge in [-0.25, -0.2) is 12.8 Å². The minimum absolute atomic E-state index is 0.112. The zero-order valence-corrected chi connectivity index (χ0v) is 17.8. The fourth-order valence-electron chi connectivity index (χ4n) is 4.45. The minimum Gasteiger partial charge on any atom is -0.336 e. The predicted octanol–water partition coefficient (Wildman–Crippen LogP) is 3.85. The maximum absolute atomic E-state index is 14.4. The average Bonchev–Trinajstić information content (AvgIpc) is 3.45. The van der Waals surface area contributed by atoms with Gasteiger partial charge in [-0.3, -0.25) is 4.79 Å². The number of sulfonamides is 1. The molecule has 2 aromatic carbocycles. The maximum Gasteiger partial charge on any atom is 0.254 e. The van der Waals surface area contributed by atoms with Gasteiger partial charge in [0.2, 0.25) is 10.0 Å². The molecule has 30 heavy (non-hydrogen) atoms. The minimum atomic E-state index is -3.92. The lowest BCUT2D eigenvalue weighted by atomic mass is 10.0. The van der Waals surface area contributed by atoms with Crippen LogP contribution in [0.2, 0.25) is 0 Å². The van der Waals surface area contributed by atoms with Gasteiger partial charge in [0.25, 0.3) is 5.91 Å². The monoisotopic (exact) mass is 430 g/mol. The quantitative estimate of drug-likeness (QED) is 0.700. The number of carbonyl (C=O) groups excluding carboxylic acids is 1. The van der Waals surface area contributed by atoms with Crippen LogP contribution in [0.3, 0.4) is 0 Å². The maximum atomic E-state index is 14.4. The molecule has 2 aliphatic rings. The van der Waals surface area contributed by atoms with Gasteiger partial charge in [0.1, 0.15) is 10.7 Å². The number of aryl methyl sites for hydroxylation is 1. The van der Waals surface area contributed by atoms with E-state index in [9.17, 15) is 17.6 Å². The molecule has 0 saturated carbocycles. The first-order valence-electron chi connectivity index (χ1n) is 10.6. The molecule has 0 radical (unpaired) electrons. The number of rotatable bonds is 6. The van der Waals surface area contributed by atoms with Crippen molar-refractivity contribution < 1.29 is 17.6 Å². The summed E-state index contributed by atoms with van der Waals surface area (Å²) in [5.74, 6) is -1.02. The van der Waals surface area contributed by atoms with E-state index in [-0.39, 0.29) is 17.5 Å². The molecule has 1 atom stereocenters. The molecule has 2 saturated heterocycles. The lowest BCUT2D eigenvalue weighted by molar-refractivity contribution is 0.0730. The Bertz CT molecular complexity index is 1000. The third kappa shape index (κ3) is 4.27. The van der Waals surface area contributed by atoms with E-state index >= 15 is 0 Å². The number of hydrogen-bond acceptors (Lipinski definition) is 3. The molecule has 1 unspecified atom stereocenters. The van der Waals surface area contributed by atoms with Crippen molar-refractivity contribution in [2.24, 2.45) is 0 Å². The zero-order chi connectivity index (χ0) is 21.1. The second kappa shape index (κ2) is 8.86. The van der Waals surface area contributed by atoms with Crippen molar-refractivity contribution in [1.29, 1.82) is 0 Å². The van der Waals surface area contributed by atoms with Crippen molar-refractivity contribution in [2.45, 2.75) is 49.5 Å². The van der Waals surface area contributed by atoms with Gasteiger partial charge in [0, 0.05) is 31.2 Å². The van der Waals surface area contributed by atoms with Crippen LogP contribution in [0.15, 0.2) is 53.4 Å². The first-order chi connectivity index (χ1) is 14.5. The molecule has 160 valence electrons. The van der Waals surface area contributed by atoms with E-state index in [1.807, 2.05) is 23.1 Å². The summed E-state index contributed by atoms with van der Waals surface area (Å²) >= 11 is 0. The van der Waals surface area contributed by atoms with Crippen molar-refractivity contribution in [3.63, 3.8) is 0 Å². The lowest BCUT2D eigenvalue weighted by Gasteiger charge is -2.25. The van der Waals surface area contributed by atoms with Crippen LogP contribution in [0.25, 0.3) is 0 Å². The van der Waals surface area contributed by atoms with Crippen molar-refractivity contribution >= 4 is 15.9 Å². The fraction of sp³-hybridized carbons (Fsp3) is 0.435. The molecule has 1 amide bonds. The molecule has 2 heterocycles. The van der Waals surface area contributed by atoms with Crippen LogP contribution in [0.1, 0.15) is 48.0 Å². The molecule has 0 N–H and O–H groups in total. The van der Waals surface area contributed by atoms with Crippen LogP contribution in [-0.4, -0.2) is 49.2 Å². The molecular weight excluding hydrogens is 403 g/mol. The number of hydrogen-bond donors (Lipinski definition) is 0. The van der Waals surface area contributed by atoms with Crippen molar-refractivity contribution in [2.75, 3.05) is 19.6 Å². The van der Waals surface area contributed by atoms with Crippen LogP contribution in [0.5, 0.6) is 0 Å². The Morgan fingerprint density at radius 1 is 1.00 bits per heavy atom. The Morgan fingerprint density at radius 2 is 1.73 bits per heavy atom. The summed E-state index contributed by atoms with van der Waals surface area (Å²) < 4.78 is 41.4. The van der Waals surface area contributed by atoms with Crippen molar-refractivity contribution in [3.05, 3.63) is 65.5 Å². The molecule has 2 aliphatic heterocycles. The Balaban J connectivity index is 1.52. The lowest BCUT2D eigenvalue weighted by Crippen LogP contribution is -2.36. The molecule has 0 spiro atoms. The van der Waals surface area contributed by atoms with E-state index < -0.39 is 20.7 Å². The van der Waals surface area contributed by atoms with Gasteiger partial charge < -0.3 is 4.90 Å². The number of halogens is 1. The first-order valence-corrected chi connectivity index (χ1v) is 12.1. The van der Waals surface area contributed by atoms with Crippen molar-refractivity contribution in [1.82, 2.24) is 9.21 Å². The van der Waals surface area contributed by atoms with Crippen LogP contribution in [-0.2, 0) is 16.4 Å². The van der Waals surface area contributed by atoms with Crippen LogP contribution in [0, 0.1) is 5.82 Å². The summed E-state index contributed by atoms with van der Waals surface area (Å²) in [4.78, 5) is 14.6. The summed E-state index contributed by atoms with van der Waals surface area (Å²) in [6.45, 7) is 1.44. The van der Waals surface area contributed by atoms with Gasteiger partial charge in [-0.2, -0.15) is 4.31 Å². The first kappa shape index (κ1) is 21.0. The smallest absolute Gasteiger partial charge is 0.254 e. The summed E-state index contributed by atoms with van der Waals surface area (Å²) in [7, 11) is -3.92. The predicted molar refractivity (Wildman–Crippen MR) is 113 cm³/mol. The molecule has 2 aromatic rings. The van der Waals surface area contributed by atoms with Crippen LogP contribution >= 0.6 is 0 Å². The van der Waals surface area contributed by atoms with E-state index in [2.05, 4.69) is 12.1 Å². The number of amides is 1. The molecule has 0 bridgehead atoms. The summed E-state index contributed by atoms with van der Waals surface area (Å²) in [6.07, 6.45) is 5.14.